The summed E-state index contributed by atoms with van der Waals surface area (Å²) < 4.78 is 23.2. The Morgan fingerprint density at radius 2 is 0.924 bits per heavy atom. The van der Waals surface area contributed by atoms with Crippen molar-refractivity contribution in [3.05, 3.63) is 48.6 Å². The molecule has 0 aliphatic carbocycles. The molecular weight excluding hydrogens is 840 g/mol. The lowest BCUT2D eigenvalue weighted by molar-refractivity contribution is -0.870. The molecule has 2 N–H and O–H groups in total. The van der Waals surface area contributed by atoms with Crippen molar-refractivity contribution in [1.82, 2.24) is 5.32 Å². The Balaban J connectivity index is 3.77. The van der Waals surface area contributed by atoms with Gasteiger partial charge in [0, 0.05) is 6.42 Å². The van der Waals surface area contributed by atoms with E-state index in [1.165, 1.54) is 167 Å². The van der Waals surface area contributed by atoms with Gasteiger partial charge in [-0.3, -0.25) is 9.36 Å². The van der Waals surface area contributed by atoms with E-state index in [-0.39, 0.29) is 19.1 Å². The van der Waals surface area contributed by atoms with Gasteiger partial charge in [0.15, 0.2) is 0 Å². The van der Waals surface area contributed by atoms with Crippen LogP contribution in [0.3, 0.4) is 0 Å². The van der Waals surface area contributed by atoms with Gasteiger partial charge in [-0.2, -0.15) is 0 Å². The second-order valence-corrected chi connectivity index (χ2v) is 21.7. The summed E-state index contributed by atoms with van der Waals surface area (Å²) in [5.74, 6) is -0.166. The first-order chi connectivity index (χ1) is 32.0. The van der Waals surface area contributed by atoms with Crippen molar-refractivity contribution in [2.24, 2.45) is 0 Å². The molecule has 0 heterocycles. The Morgan fingerprint density at radius 3 is 1.35 bits per heavy atom. The van der Waals surface area contributed by atoms with E-state index in [0.717, 1.165) is 64.2 Å². The molecule has 0 spiro atoms. The van der Waals surface area contributed by atoms with Gasteiger partial charge < -0.3 is 28.8 Å². The summed E-state index contributed by atoms with van der Waals surface area (Å²) in [5, 5.41) is 13.8. The maximum Gasteiger partial charge on any atom is 0.268 e. The predicted molar refractivity (Wildman–Crippen MR) is 284 cm³/mol. The number of allylic oxidation sites excluding steroid dienone is 8. The first-order valence-corrected chi connectivity index (χ1v) is 29.4. The van der Waals surface area contributed by atoms with Crippen molar-refractivity contribution in [2.45, 2.75) is 270 Å². The number of nitrogens with zero attached hydrogens (tertiary/aromatic N) is 1. The third-order valence-corrected chi connectivity index (χ3v) is 13.5. The van der Waals surface area contributed by atoms with Crippen LogP contribution in [0.1, 0.15) is 258 Å². The molecule has 0 aromatic heterocycles. The molecule has 1 amide bonds. The average molecular weight is 949 g/mol. The van der Waals surface area contributed by atoms with Gasteiger partial charge in [0.05, 0.1) is 39.9 Å². The lowest BCUT2D eigenvalue weighted by Gasteiger charge is -2.30. The molecule has 0 bridgehead atoms. The number of unbranched alkanes of at least 4 members (excludes halogenated alkanes) is 30. The summed E-state index contributed by atoms with van der Waals surface area (Å²) in [6, 6.07) is -0.795. The van der Waals surface area contributed by atoms with Gasteiger partial charge in [0.2, 0.25) is 5.91 Å². The van der Waals surface area contributed by atoms with Crippen LogP contribution in [-0.4, -0.2) is 68.5 Å². The number of rotatable bonds is 51. The minimum absolute atomic E-state index is 0.0130. The fourth-order valence-corrected chi connectivity index (χ4v) is 8.93. The van der Waals surface area contributed by atoms with E-state index in [9.17, 15) is 19.4 Å². The monoisotopic (exact) mass is 949 g/mol. The smallest absolute Gasteiger partial charge is 0.268 e. The molecule has 66 heavy (non-hydrogen) atoms. The number of nitrogens with one attached hydrogen (secondary N) is 1. The number of aliphatic hydroxyl groups is 1. The number of aliphatic hydroxyl groups excluding tert-OH is 1. The zero-order valence-electron chi connectivity index (χ0n) is 44.1. The second-order valence-electron chi connectivity index (χ2n) is 20.3. The van der Waals surface area contributed by atoms with Crippen LogP contribution in [0.4, 0.5) is 0 Å². The van der Waals surface area contributed by atoms with Crippen LogP contribution in [0.15, 0.2) is 48.6 Å². The first-order valence-electron chi connectivity index (χ1n) is 28.0. The summed E-state index contributed by atoms with van der Waals surface area (Å²) in [7, 11) is 1.31. The molecule has 0 rings (SSSR count). The Bertz CT molecular complexity index is 1210. The van der Waals surface area contributed by atoms with Gasteiger partial charge in [0.25, 0.3) is 7.82 Å². The molecule has 3 unspecified atom stereocenters. The summed E-state index contributed by atoms with van der Waals surface area (Å²) in [5.41, 5.74) is 0. The van der Waals surface area contributed by atoms with Gasteiger partial charge in [-0.05, 0) is 51.4 Å². The highest BCUT2D eigenvalue weighted by Crippen LogP contribution is 2.38. The summed E-state index contributed by atoms with van der Waals surface area (Å²) in [4.78, 5) is 25.3. The fourth-order valence-electron chi connectivity index (χ4n) is 8.21. The van der Waals surface area contributed by atoms with E-state index < -0.39 is 20.0 Å². The molecule has 0 radical (unpaired) electrons. The maximum atomic E-state index is 12.9. The lowest BCUT2D eigenvalue weighted by Crippen LogP contribution is -2.46. The molecule has 8 nitrogen and oxygen atoms in total. The zero-order valence-corrected chi connectivity index (χ0v) is 45.0. The number of hydrogen-bond donors (Lipinski definition) is 2. The van der Waals surface area contributed by atoms with Crippen molar-refractivity contribution in [3.8, 4) is 0 Å². The Morgan fingerprint density at radius 1 is 0.545 bits per heavy atom. The predicted octanol–water partition coefficient (Wildman–Crippen LogP) is 16.1. The second kappa shape index (κ2) is 48.5. The lowest BCUT2D eigenvalue weighted by atomic mass is 10.0. The van der Waals surface area contributed by atoms with Crippen LogP contribution in [0, 0.1) is 0 Å². The van der Waals surface area contributed by atoms with Crippen LogP contribution in [-0.2, 0) is 18.4 Å². The number of carbonyl (C=O) groups is 1. The number of carbonyl (C=O) groups excluding carboxylic acids is 1. The van der Waals surface area contributed by atoms with Gasteiger partial charge in [-0.25, -0.2) is 0 Å². The minimum atomic E-state index is -4.56. The number of phosphoric acid groups is 1. The Hall–Kier alpha value is -1.54. The third-order valence-electron chi connectivity index (χ3n) is 12.6. The molecule has 0 saturated heterocycles. The number of amides is 1. The van der Waals surface area contributed by atoms with Gasteiger partial charge in [0.1, 0.15) is 13.2 Å². The van der Waals surface area contributed by atoms with Crippen molar-refractivity contribution in [2.75, 3.05) is 40.9 Å². The van der Waals surface area contributed by atoms with Crippen molar-refractivity contribution >= 4 is 13.7 Å². The summed E-state index contributed by atoms with van der Waals surface area (Å²) in [6.45, 7) is 4.57. The SMILES string of the molecule is CC/C=C\C/C=C\C/C=C\C/C=C\CCCCCCCCCCCCCCCCCCCCCCCCCCC(=O)NC(COP(=O)([O-])OCC[N+](C)(C)C)C(O)CCCCCCCCC. The molecule has 0 aliphatic rings. The first kappa shape index (κ1) is 64.5. The maximum absolute atomic E-state index is 12.9. The number of hydrogen-bond acceptors (Lipinski definition) is 6. The standard InChI is InChI=1S/C57H109N2O6P/c1-6-8-10-12-14-15-16-17-18-19-20-21-22-23-24-25-26-27-28-29-30-31-32-33-34-35-36-37-38-39-40-41-42-43-45-47-49-51-57(61)58-55(56(60)50-48-46-44-13-11-9-7-2)54-65-66(62,63)64-53-52-59(3,4)5/h8,10,14-15,17-18,20-21,55-56,60H,6-7,9,11-13,16,19,22-54H2,1-5H3,(H-,58,61,62,63)/b10-8-,15-14-,18-17-,21-20-. The molecular formula is C57H109N2O6P. The highest BCUT2D eigenvalue weighted by atomic mass is 31.2. The van der Waals surface area contributed by atoms with Crippen LogP contribution in [0.25, 0.3) is 0 Å². The topological polar surface area (TPSA) is 108 Å². The fraction of sp³-hybridized carbons (Fsp3) is 0.842. The molecule has 0 fully saturated rings. The number of phosphoric ester groups is 1. The highest BCUT2D eigenvalue weighted by molar-refractivity contribution is 7.45. The number of likely N-dealkylation sites (N-methyl/N-ethyl adjacent to an activating group) is 1. The quantitative estimate of drug-likeness (QED) is 0.0272. The molecule has 0 aromatic carbocycles. The number of quaternary nitrogens is 1. The molecule has 3 atom stereocenters. The van der Waals surface area contributed by atoms with E-state index in [0.29, 0.717) is 23.9 Å². The van der Waals surface area contributed by atoms with Gasteiger partial charge >= 0.3 is 0 Å². The molecule has 9 heteroatoms. The average Bonchev–Trinajstić information content (AvgIpc) is 3.28. The molecule has 0 aliphatic heterocycles. The van der Waals surface area contributed by atoms with Crippen LogP contribution < -0.4 is 10.2 Å². The highest BCUT2D eigenvalue weighted by Gasteiger charge is 2.24. The Labute approximate surface area is 409 Å². The van der Waals surface area contributed by atoms with Crippen LogP contribution in [0.2, 0.25) is 0 Å². The van der Waals surface area contributed by atoms with E-state index >= 15 is 0 Å². The minimum Gasteiger partial charge on any atom is -0.756 e. The normalized spacial score (nSPS) is 14.3. The van der Waals surface area contributed by atoms with Gasteiger partial charge in [-0.15, -0.1) is 0 Å². The largest absolute Gasteiger partial charge is 0.756 e. The van der Waals surface area contributed by atoms with E-state index in [2.05, 4.69) is 67.8 Å². The van der Waals surface area contributed by atoms with Crippen molar-refractivity contribution in [1.29, 1.82) is 0 Å². The van der Waals surface area contributed by atoms with Crippen LogP contribution >= 0.6 is 7.82 Å². The molecule has 388 valence electrons. The van der Waals surface area contributed by atoms with E-state index in [1.54, 1.807) is 0 Å². The summed E-state index contributed by atoms with van der Waals surface area (Å²) in [6.07, 6.45) is 63.4. The van der Waals surface area contributed by atoms with E-state index in [1.807, 2.05) is 21.1 Å². The summed E-state index contributed by atoms with van der Waals surface area (Å²) >= 11 is 0. The van der Waals surface area contributed by atoms with Gasteiger partial charge in [-0.1, -0.05) is 249 Å². The molecule has 0 aromatic rings. The Kier molecular flexibility index (Phi) is 47.4. The van der Waals surface area contributed by atoms with Crippen molar-refractivity contribution < 1.29 is 32.9 Å². The van der Waals surface area contributed by atoms with Crippen LogP contribution in [0.5, 0.6) is 0 Å². The third kappa shape index (κ3) is 50.3. The molecule has 0 saturated carbocycles. The van der Waals surface area contributed by atoms with E-state index in [4.69, 9.17) is 9.05 Å². The zero-order chi connectivity index (χ0) is 48.5. The van der Waals surface area contributed by atoms with Crippen molar-refractivity contribution in [3.63, 3.8) is 0 Å².